The van der Waals surface area contributed by atoms with E-state index >= 15 is 0 Å². The van der Waals surface area contributed by atoms with Gasteiger partial charge in [0, 0.05) is 19.0 Å². The number of hydrogen-bond acceptors (Lipinski definition) is 1. The molecule has 19 heavy (non-hydrogen) atoms. The molecule has 1 unspecified atom stereocenters. The third kappa shape index (κ3) is 2.96. The Hall–Kier alpha value is -1.38. The summed E-state index contributed by atoms with van der Waals surface area (Å²) in [6, 6.07) is 5.07. The molecule has 1 aromatic carbocycles. The Bertz CT molecular complexity index is 490. The van der Waals surface area contributed by atoms with E-state index in [-0.39, 0.29) is 23.1 Å². The van der Waals surface area contributed by atoms with Crippen LogP contribution < -0.4 is 0 Å². The summed E-state index contributed by atoms with van der Waals surface area (Å²) >= 11 is 0. The first-order valence-corrected chi connectivity index (χ1v) is 6.83. The minimum atomic E-state index is -0.191. The van der Waals surface area contributed by atoms with Crippen LogP contribution in [0.25, 0.3) is 0 Å². The molecule has 0 radical (unpaired) electrons. The van der Waals surface area contributed by atoms with E-state index in [1.165, 1.54) is 6.07 Å². The van der Waals surface area contributed by atoms with Gasteiger partial charge in [-0.25, -0.2) is 4.39 Å². The van der Waals surface area contributed by atoms with Crippen LogP contribution in [-0.4, -0.2) is 17.4 Å². The van der Waals surface area contributed by atoms with E-state index < -0.39 is 0 Å². The quantitative estimate of drug-likeness (QED) is 0.799. The highest BCUT2D eigenvalue weighted by Gasteiger charge is 2.39. The Morgan fingerprint density at radius 2 is 2.05 bits per heavy atom. The van der Waals surface area contributed by atoms with Crippen LogP contribution in [0.2, 0.25) is 0 Å². The molecule has 0 bridgehead atoms. The van der Waals surface area contributed by atoms with E-state index in [1.807, 2.05) is 11.0 Å². The van der Waals surface area contributed by atoms with Gasteiger partial charge in [0.05, 0.1) is 0 Å². The molecule has 2 nitrogen and oxygen atoms in total. The predicted octanol–water partition coefficient (Wildman–Crippen LogP) is 3.53. The molecule has 1 amide bonds. The number of nitrogens with zero attached hydrogens (tertiary/aromatic N) is 1. The molecule has 0 N–H and O–H groups in total. The van der Waals surface area contributed by atoms with Crippen molar-refractivity contribution in [2.45, 2.75) is 40.7 Å². The molecule has 3 heteroatoms. The highest BCUT2D eigenvalue weighted by atomic mass is 19.1. The molecular formula is C16H22FNO. The second kappa shape index (κ2) is 4.95. The summed E-state index contributed by atoms with van der Waals surface area (Å²) in [6.07, 6.45) is 0.919. The number of rotatable bonds is 2. The van der Waals surface area contributed by atoms with Gasteiger partial charge in [-0.3, -0.25) is 4.79 Å². The van der Waals surface area contributed by atoms with Crippen molar-refractivity contribution in [3.63, 3.8) is 0 Å². The lowest BCUT2D eigenvalue weighted by Crippen LogP contribution is -2.32. The lowest BCUT2D eigenvalue weighted by atomic mass is 9.80. The van der Waals surface area contributed by atoms with Gasteiger partial charge < -0.3 is 4.90 Å². The van der Waals surface area contributed by atoms with E-state index in [1.54, 1.807) is 13.0 Å². The zero-order valence-corrected chi connectivity index (χ0v) is 12.2. The molecule has 1 aliphatic rings. The van der Waals surface area contributed by atoms with Gasteiger partial charge in [-0.15, -0.1) is 0 Å². The van der Waals surface area contributed by atoms with E-state index in [0.717, 1.165) is 18.5 Å². The molecule has 104 valence electrons. The van der Waals surface area contributed by atoms with E-state index in [4.69, 9.17) is 0 Å². The number of likely N-dealkylation sites (tertiary alicyclic amines) is 1. The number of aryl methyl sites for hydroxylation is 1. The molecule has 0 saturated carbocycles. The lowest BCUT2D eigenvalue weighted by Gasteiger charge is -2.25. The largest absolute Gasteiger partial charge is 0.338 e. The summed E-state index contributed by atoms with van der Waals surface area (Å²) in [6.45, 7) is 9.48. The van der Waals surface area contributed by atoms with Crippen LogP contribution in [0, 0.1) is 24.1 Å². The average Bonchev–Trinajstić information content (AvgIpc) is 2.65. The van der Waals surface area contributed by atoms with Crippen molar-refractivity contribution in [2.75, 3.05) is 6.54 Å². The Morgan fingerprint density at radius 1 is 1.37 bits per heavy atom. The molecule has 0 aliphatic carbocycles. The first kappa shape index (κ1) is 14.0. The highest BCUT2D eigenvalue weighted by Crippen LogP contribution is 2.35. The third-order valence-corrected chi connectivity index (χ3v) is 3.94. The smallest absolute Gasteiger partial charge is 0.226 e. The highest BCUT2D eigenvalue weighted by molar-refractivity contribution is 5.81. The number of hydrogen-bond donors (Lipinski definition) is 0. The molecule has 2 rings (SSSR count). The maximum Gasteiger partial charge on any atom is 0.226 e. The second-order valence-corrected chi connectivity index (χ2v) is 6.55. The summed E-state index contributed by atoms with van der Waals surface area (Å²) < 4.78 is 13.2. The Kier molecular flexibility index (Phi) is 3.66. The fraction of sp³-hybridized carbons (Fsp3) is 0.562. The SMILES string of the molecule is Cc1cc(CN2CCC(C(C)(C)C)C2=O)ccc1F. The molecule has 1 heterocycles. The number of amides is 1. The molecule has 1 aromatic rings. The maximum atomic E-state index is 13.2. The van der Waals surface area contributed by atoms with Gasteiger partial charge in [0.15, 0.2) is 0 Å². The molecule has 1 aliphatic heterocycles. The zero-order chi connectivity index (χ0) is 14.2. The monoisotopic (exact) mass is 263 g/mol. The van der Waals surface area contributed by atoms with Crippen molar-refractivity contribution in [3.05, 3.63) is 35.1 Å². The van der Waals surface area contributed by atoms with Crippen molar-refractivity contribution in [1.29, 1.82) is 0 Å². The van der Waals surface area contributed by atoms with Crippen molar-refractivity contribution in [2.24, 2.45) is 11.3 Å². The first-order valence-electron chi connectivity index (χ1n) is 6.83. The number of carbonyl (C=O) groups is 1. The molecule has 0 aromatic heterocycles. The van der Waals surface area contributed by atoms with Gasteiger partial charge in [0.25, 0.3) is 0 Å². The van der Waals surface area contributed by atoms with E-state index in [0.29, 0.717) is 12.1 Å². The number of halogens is 1. The Morgan fingerprint density at radius 3 is 2.58 bits per heavy atom. The van der Waals surface area contributed by atoms with Crippen molar-refractivity contribution in [1.82, 2.24) is 4.90 Å². The normalized spacial score (nSPS) is 20.2. The van der Waals surface area contributed by atoms with Gasteiger partial charge in [-0.05, 0) is 36.0 Å². The van der Waals surface area contributed by atoms with Crippen molar-refractivity contribution >= 4 is 5.91 Å². The molecule has 0 spiro atoms. The zero-order valence-electron chi connectivity index (χ0n) is 12.2. The topological polar surface area (TPSA) is 20.3 Å². The van der Waals surface area contributed by atoms with Gasteiger partial charge >= 0.3 is 0 Å². The van der Waals surface area contributed by atoms with Crippen LogP contribution in [0.3, 0.4) is 0 Å². The van der Waals surface area contributed by atoms with Crippen LogP contribution in [0.4, 0.5) is 4.39 Å². The van der Waals surface area contributed by atoms with Gasteiger partial charge in [0.2, 0.25) is 5.91 Å². The van der Waals surface area contributed by atoms with Gasteiger partial charge in [-0.1, -0.05) is 32.9 Å². The summed E-state index contributed by atoms with van der Waals surface area (Å²) in [7, 11) is 0. The minimum Gasteiger partial charge on any atom is -0.338 e. The lowest BCUT2D eigenvalue weighted by molar-refractivity contribution is -0.134. The summed E-state index contributed by atoms with van der Waals surface area (Å²) in [4.78, 5) is 14.3. The van der Waals surface area contributed by atoms with Crippen LogP contribution >= 0.6 is 0 Å². The minimum absolute atomic E-state index is 0.0184. The van der Waals surface area contributed by atoms with Crippen LogP contribution in [0.1, 0.15) is 38.3 Å². The van der Waals surface area contributed by atoms with E-state index in [9.17, 15) is 9.18 Å². The number of carbonyl (C=O) groups excluding carboxylic acids is 1. The molecule has 1 atom stereocenters. The van der Waals surface area contributed by atoms with Crippen LogP contribution in [-0.2, 0) is 11.3 Å². The fourth-order valence-corrected chi connectivity index (χ4v) is 2.72. The van der Waals surface area contributed by atoms with Crippen molar-refractivity contribution in [3.8, 4) is 0 Å². The van der Waals surface area contributed by atoms with Gasteiger partial charge in [0.1, 0.15) is 5.82 Å². The average molecular weight is 263 g/mol. The summed E-state index contributed by atoms with van der Waals surface area (Å²) in [5.74, 6) is 0.146. The number of benzene rings is 1. The fourth-order valence-electron chi connectivity index (χ4n) is 2.72. The maximum absolute atomic E-state index is 13.2. The van der Waals surface area contributed by atoms with Crippen molar-refractivity contribution < 1.29 is 9.18 Å². The van der Waals surface area contributed by atoms with Crippen LogP contribution in [0.5, 0.6) is 0 Å². The second-order valence-electron chi connectivity index (χ2n) is 6.55. The Labute approximate surface area is 114 Å². The summed E-state index contributed by atoms with van der Waals surface area (Å²) in [5.41, 5.74) is 1.66. The van der Waals surface area contributed by atoms with Gasteiger partial charge in [-0.2, -0.15) is 0 Å². The third-order valence-electron chi connectivity index (χ3n) is 3.94. The first-order chi connectivity index (χ1) is 8.79. The standard InChI is InChI=1S/C16H22FNO/c1-11-9-12(5-6-14(11)17)10-18-8-7-13(15(18)19)16(2,3)4/h5-6,9,13H,7-8,10H2,1-4H3. The molecular weight excluding hydrogens is 241 g/mol. The van der Waals surface area contributed by atoms with Crippen LogP contribution in [0.15, 0.2) is 18.2 Å². The Balaban J connectivity index is 2.09. The van der Waals surface area contributed by atoms with E-state index in [2.05, 4.69) is 20.8 Å². The predicted molar refractivity (Wildman–Crippen MR) is 74.1 cm³/mol. The molecule has 1 fully saturated rings. The molecule has 1 saturated heterocycles. The summed E-state index contributed by atoms with van der Waals surface area (Å²) in [5, 5.41) is 0.